The summed E-state index contributed by atoms with van der Waals surface area (Å²) >= 11 is 0. The molecule has 0 amide bonds. The molecule has 0 radical (unpaired) electrons. The molecule has 0 saturated carbocycles. The SMILES string of the molecule is CN=C(NCc1ccc(F)cc1)NCC1CCN(C)CC1.I. The minimum absolute atomic E-state index is 0. The third-order valence-electron chi connectivity index (χ3n) is 3.99. The fourth-order valence-electron chi connectivity index (χ4n) is 2.52. The Labute approximate surface area is 149 Å². The second-order valence-electron chi connectivity index (χ2n) is 5.68. The maximum absolute atomic E-state index is 12.8. The topological polar surface area (TPSA) is 39.7 Å². The second-order valence-corrected chi connectivity index (χ2v) is 5.68. The molecule has 2 N–H and O–H groups in total. The first-order valence-electron chi connectivity index (χ1n) is 7.55. The smallest absolute Gasteiger partial charge is 0.191 e. The summed E-state index contributed by atoms with van der Waals surface area (Å²) in [7, 11) is 3.95. The molecule has 0 unspecified atom stereocenters. The lowest BCUT2D eigenvalue weighted by Crippen LogP contribution is -2.41. The molecular weight excluding hydrogens is 394 g/mol. The van der Waals surface area contributed by atoms with Crippen LogP contribution in [-0.2, 0) is 6.54 Å². The number of hydrogen-bond acceptors (Lipinski definition) is 2. The number of aliphatic imine (C=N–C) groups is 1. The van der Waals surface area contributed by atoms with Crippen LogP contribution in [-0.4, -0.2) is 44.6 Å². The number of benzene rings is 1. The third kappa shape index (κ3) is 6.48. The van der Waals surface area contributed by atoms with Crippen LogP contribution in [0.5, 0.6) is 0 Å². The highest BCUT2D eigenvalue weighted by molar-refractivity contribution is 14.0. The Balaban J connectivity index is 0.00000242. The molecule has 1 fully saturated rings. The third-order valence-corrected chi connectivity index (χ3v) is 3.99. The fraction of sp³-hybridized carbons (Fsp3) is 0.562. The van der Waals surface area contributed by atoms with Gasteiger partial charge in [-0.25, -0.2) is 4.39 Å². The molecule has 4 nitrogen and oxygen atoms in total. The van der Waals surface area contributed by atoms with E-state index in [0.717, 1.165) is 18.1 Å². The van der Waals surface area contributed by atoms with Crippen LogP contribution in [0.15, 0.2) is 29.3 Å². The second kappa shape index (κ2) is 9.99. The Kier molecular flexibility index (Phi) is 8.70. The fourth-order valence-corrected chi connectivity index (χ4v) is 2.52. The molecule has 0 aromatic heterocycles. The molecule has 1 heterocycles. The van der Waals surface area contributed by atoms with Gasteiger partial charge in [0.1, 0.15) is 5.82 Å². The minimum Gasteiger partial charge on any atom is -0.356 e. The molecular formula is C16H26FIN4. The van der Waals surface area contributed by atoms with Gasteiger partial charge in [0.25, 0.3) is 0 Å². The number of guanidine groups is 1. The van der Waals surface area contributed by atoms with Crippen molar-refractivity contribution in [3.8, 4) is 0 Å². The predicted octanol–water partition coefficient (Wildman–Crippen LogP) is 2.45. The molecule has 2 rings (SSSR count). The van der Waals surface area contributed by atoms with Gasteiger partial charge in [-0.05, 0) is 56.6 Å². The van der Waals surface area contributed by atoms with E-state index in [0.29, 0.717) is 12.5 Å². The Hall–Kier alpha value is -0.890. The Morgan fingerprint density at radius 3 is 2.45 bits per heavy atom. The van der Waals surface area contributed by atoms with Crippen molar-refractivity contribution in [1.29, 1.82) is 0 Å². The first-order valence-corrected chi connectivity index (χ1v) is 7.55. The molecule has 124 valence electrons. The van der Waals surface area contributed by atoms with Gasteiger partial charge < -0.3 is 15.5 Å². The summed E-state index contributed by atoms with van der Waals surface area (Å²) in [6.45, 7) is 3.95. The average Bonchev–Trinajstić information content (AvgIpc) is 2.51. The highest BCUT2D eigenvalue weighted by Gasteiger charge is 2.16. The average molecular weight is 420 g/mol. The van der Waals surface area contributed by atoms with Crippen molar-refractivity contribution in [3.63, 3.8) is 0 Å². The van der Waals surface area contributed by atoms with Crippen molar-refractivity contribution >= 4 is 29.9 Å². The van der Waals surface area contributed by atoms with Crippen LogP contribution < -0.4 is 10.6 Å². The van der Waals surface area contributed by atoms with Gasteiger partial charge in [-0.3, -0.25) is 4.99 Å². The molecule has 0 aliphatic carbocycles. The van der Waals surface area contributed by atoms with Crippen LogP contribution in [0.3, 0.4) is 0 Å². The van der Waals surface area contributed by atoms with Crippen molar-refractivity contribution in [1.82, 2.24) is 15.5 Å². The van der Waals surface area contributed by atoms with E-state index >= 15 is 0 Å². The van der Waals surface area contributed by atoms with Gasteiger partial charge in [-0.1, -0.05) is 12.1 Å². The van der Waals surface area contributed by atoms with Crippen molar-refractivity contribution in [2.75, 3.05) is 33.7 Å². The summed E-state index contributed by atoms with van der Waals surface area (Å²) in [5.41, 5.74) is 1.04. The highest BCUT2D eigenvalue weighted by atomic mass is 127. The van der Waals surface area contributed by atoms with Gasteiger partial charge in [-0.2, -0.15) is 0 Å². The van der Waals surface area contributed by atoms with Gasteiger partial charge in [0, 0.05) is 20.1 Å². The van der Waals surface area contributed by atoms with Crippen LogP contribution >= 0.6 is 24.0 Å². The van der Waals surface area contributed by atoms with E-state index in [1.807, 2.05) is 0 Å². The number of halogens is 2. The number of nitrogens with one attached hydrogen (secondary N) is 2. The molecule has 0 spiro atoms. The maximum atomic E-state index is 12.8. The van der Waals surface area contributed by atoms with Crippen LogP contribution in [0.2, 0.25) is 0 Å². The van der Waals surface area contributed by atoms with Crippen LogP contribution in [0.4, 0.5) is 4.39 Å². The molecule has 0 bridgehead atoms. The summed E-state index contributed by atoms with van der Waals surface area (Å²) in [5, 5.41) is 6.64. The lowest BCUT2D eigenvalue weighted by atomic mass is 9.97. The van der Waals surface area contributed by atoms with E-state index < -0.39 is 0 Å². The molecule has 6 heteroatoms. The molecule has 22 heavy (non-hydrogen) atoms. The summed E-state index contributed by atoms with van der Waals surface area (Å²) in [6, 6.07) is 6.52. The highest BCUT2D eigenvalue weighted by Crippen LogP contribution is 2.14. The van der Waals surface area contributed by atoms with E-state index in [-0.39, 0.29) is 29.8 Å². The summed E-state index contributed by atoms with van der Waals surface area (Å²) in [5.74, 6) is 1.31. The first kappa shape index (κ1) is 19.2. The van der Waals surface area contributed by atoms with Crippen molar-refractivity contribution in [2.24, 2.45) is 10.9 Å². The number of nitrogens with zero attached hydrogens (tertiary/aromatic N) is 2. The molecule has 1 aliphatic heterocycles. The largest absolute Gasteiger partial charge is 0.356 e. The summed E-state index contributed by atoms with van der Waals surface area (Å²) in [6.07, 6.45) is 2.47. The zero-order valence-electron chi connectivity index (χ0n) is 13.3. The van der Waals surface area contributed by atoms with Crippen LogP contribution in [0.25, 0.3) is 0 Å². The van der Waals surface area contributed by atoms with Crippen molar-refractivity contribution < 1.29 is 4.39 Å². The zero-order valence-corrected chi connectivity index (χ0v) is 15.6. The molecule has 0 atom stereocenters. The lowest BCUT2D eigenvalue weighted by Gasteiger charge is -2.29. The number of hydrogen-bond donors (Lipinski definition) is 2. The number of rotatable bonds is 4. The van der Waals surface area contributed by atoms with Gasteiger partial charge >= 0.3 is 0 Å². The zero-order chi connectivity index (χ0) is 15.1. The predicted molar refractivity (Wildman–Crippen MR) is 100 cm³/mol. The van der Waals surface area contributed by atoms with Crippen LogP contribution in [0.1, 0.15) is 18.4 Å². The van der Waals surface area contributed by atoms with Gasteiger partial charge in [0.05, 0.1) is 0 Å². The van der Waals surface area contributed by atoms with E-state index in [1.165, 1.54) is 38.1 Å². The lowest BCUT2D eigenvalue weighted by molar-refractivity contribution is 0.220. The molecule has 1 aromatic carbocycles. The number of piperidine rings is 1. The van der Waals surface area contributed by atoms with E-state index in [1.54, 1.807) is 19.2 Å². The quantitative estimate of drug-likeness (QED) is 0.447. The normalized spacial score (nSPS) is 17.0. The van der Waals surface area contributed by atoms with Crippen LogP contribution in [0, 0.1) is 11.7 Å². The molecule has 1 aromatic rings. The minimum atomic E-state index is -0.205. The summed E-state index contributed by atoms with van der Waals surface area (Å²) < 4.78 is 12.8. The van der Waals surface area contributed by atoms with Gasteiger partial charge in [0.15, 0.2) is 5.96 Å². The van der Waals surface area contributed by atoms with E-state index in [2.05, 4.69) is 27.6 Å². The van der Waals surface area contributed by atoms with Crippen molar-refractivity contribution in [2.45, 2.75) is 19.4 Å². The molecule has 1 saturated heterocycles. The maximum Gasteiger partial charge on any atom is 0.191 e. The van der Waals surface area contributed by atoms with Crippen molar-refractivity contribution in [3.05, 3.63) is 35.6 Å². The van der Waals surface area contributed by atoms with E-state index in [9.17, 15) is 4.39 Å². The Bertz CT molecular complexity index is 456. The monoisotopic (exact) mass is 420 g/mol. The Morgan fingerprint density at radius 1 is 1.23 bits per heavy atom. The first-order chi connectivity index (χ1) is 10.2. The standard InChI is InChI=1S/C16H25FN4.HI/c1-18-16(19-11-13-3-5-15(17)6-4-13)20-12-14-7-9-21(2)10-8-14;/h3-6,14H,7-12H2,1-2H3,(H2,18,19,20);1H. The van der Waals surface area contributed by atoms with Gasteiger partial charge in [-0.15, -0.1) is 24.0 Å². The number of likely N-dealkylation sites (tertiary alicyclic amines) is 1. The van der Waals surface area contributed by atoms with E-state index in [4.69, 9.17) is 0 Å². The molecule has 1 aliphatic rings. The summed E-state index contributed by atoms with van der Waals surface area (Å²) in [4.78, 5) is 6.60. The Morgan fingerprint density at radius 2 is 1.86 bits per heavy atom. The van der Waals surface area contributed by atoms with Gasteiger partial charge in [0.2, 0.25) is 0 Å².